The van der Waals surface area contributed by atoms with E-state index >= 15 is 0 Å². The van der Waals surface area contributed by atoms with E-state index in [0.717, 1.165) is 0 Å². The first-order valence-electron chi connectivity index (χ1n) is 7.36. The van der Waals surface area contributed by atoms with Crippen molar-refractivity contribution in [2.45, 2.75) is 13.1 Å². The summed E-state index contributed by atoms with van der Waals surface area (Å²) in [6, 6.07) is 13.1. The standard InChI is InChI=1S/C17H15FN2O4S/c18-10-15-13-6-1-2-7-16(13)24-17(21)14(15)9-11-4-3-5-12(8-11)20-25(19,22)23/h1-8,20H,9-10H2,(H2,19,22,23). The molecule has 0 fully saturated rings. The third-order valence-electron chi connectivity index (χ3n) is 3.73. The van der Waals surface area contributed by atoms with Gasteiger partial charge >= 0.3 is 5.63 Å². The van der Waals surface area contributed by atoms with Gasteiger partial charge in [-0.15, -0.1) is 0 Å². The van der Waals surface area contributed by atoms with Gasteiger partial charge < -0.3 is 4.42 Å². The number of benzene rings is 2. The van der Waals surface area contributed by atoms with Crippen LogP contribution in [0.3, 0.4) is 0 Å². The fourth-order valence-corrected chi connectivity index (χ4v) is 3.15. The Morgan fingerprint density at radius 2 is 1.84 bits per heavy atom. The predicted molar refractivity (Wildman–Crippen MR) is 93.3 cm³/mol. The molecule has 2 aromatic carbocycles. The smallest absolute Gasteiger partial charge is 0.340 e. The molecular weight excluding hydrogens is 347 g/mol. The molecule has 0 aliphatic heterocycles. The van der Waals surface area contributed by atoms with Gasteiger partial charge in [0.1, 0.15) is 12.3 Å². The highest BCUT2D eigenvalue weighted by Crippen LogP contribution is 2.23. The number of alkyl halides is 1. The van der Waals surface area contributed by atoms with Gasteiger partial charge in [0.15, 0.2) is 0 Å². The molecule has 25 heavy (non-hydrogen) atoms. The third kappa shape index (κ3) is 3.86. The molecule has 0 saturated heterocycles. The molecule has 1 heterocycles. The zero-order valence-corrected chi connectivity index (χ0v) is 13.8. The van der Waals surface area contributed by atoms with Crippen LogP contribution in [0.25, 0.3) is 11.0 Å². The molecule has 0 saturated carbocycles. The van der Waals surface area contributed by atoms with Gasteiger partial charge in [-0.05, 0) is 23.8 Å². The number of hydrogen-bond donors (Lipinski definition) is 2. The maximum atomic E-state index is 13.6. The van der Waals surface area contributed by atoms with Crippen molar-refractivity contribution < 1.29 is 17.2 Å². The van der Waals surface area contributed by atoms with E-state index in [1.165, 1.54) is 12.1 Å². The molecule has 130 valence electrons. The first-order chi connectivity index (χ1) is 11.9. The van der Waals surface area contributed by atoms with Crippen molar-refractivity contribution in [3.63, 3.8) is 0 Å². The van der Waals surface area contributed by atoms with Crippen molar-refractivity contribution >= 4 is 26.9 Å². The quantitative estimate of drug-likeness (QED) is 0.681. The van der Waals surface area contributed by atoms with Crippen LogP contribution in [0, 0.1) is 0 Å². The van der Waals surface area contributed by atoms with Gasteiger partial charge in [0.05, 0.1) is 5.69 Å². The average Bonchev–Trinajstić information content (AvgIpc) is 2.54. The number of halogens is 1. The van der Waals surface area contributed by atoms with Gasteiger partial charge in [0.2, 0.25) is 0 Å². The molecule has 0 aliphatic carbocycles. The van der Waals surface area contributed by atoms with E-state index in [0.29, 0.717) is 16.5 Å². The molecule has 0 unspecified atom stereocenters. The van der Waals surface area contributed by atoms with Crippen LogP contribution in [0.2, 0.25) is 0 Å². The Labute approximate surface area is 143 Å². The molecule has 3 rings (SSSR count). The largest absolute Gasteiger partial charge is 0.422 e. The SMILES string of the molecule is NS(=O)(=O)Nc1cccc(Cc2c(CF)c3ccccc3oc2=O)c1. The van der Waals surface area contributed by atoms with Gasteiger partial charge in [0, 0.05) is 22.9 Å². The molecule has 0 amide bonds. The monoisotopic (exact) mass is 362 g/mol. The van der Waals surface area contributed by atoms with Gasteiger partial charge in [-0.3, -0.25) is 4.72 Å². The van der Waals surface area contributed by atoms with Gasteiger partial charge in [-0.1, -0.05) is 30.3 Å². The lowest BCUT2D eigenvalue weighted by Crippen LogP contribution is -2.21. The second kappa shape index (κ2) is 6.66. The summed E-state index contributed by atoms with van der Waals surface area (Å²) in [7, 11) is -3.91. The molecule has 0 atom stereocenters. The normalized spacial score (nSPS) is 11.6. The fraction of sp³-hybridized carbons (Fsp3) is 0.118. The average molecular weight is 362 g/mol. The Balaban J connectivity index is 2.05. The highest BCUT2D eigenvalue weighted by molar-refractivity contribution is 7.90. The number of nitrogens with two attached hydrogens (primary N) is 1. The Kier molecular flexibility index (Phi) is 4.56. The second-order valence-corrected chi connectivity index (χ2v) is 6.79. The van der Waals surface area contributed by atoms with Gasteiger partial charge in [-0.25, -0.2) is 14.3 Å². The number of rotatable bonds is 5. The number of nitrogens with one attached hydrogen (secondary N) is 1. The molecule has 3 N–H and O–H groups in total. The summed E-state index contributed by atoms with van der Waals surface area (Å²) in [6.07, 6.45) is 0.104. The van der Waals surface area contributed by atoms with Crippen LogP contribution in [0.15, 0.2) is 57.7 Å². The first-order valence-corrected chi connectivity index (χ1v) is 8.91. The molecule has 6 nitrogen and oxygen atoms in total. The summed E-state index contributed by atoms with van der Waals surface area (Å²) in [5.41, 5.74) is 1.06. The predicted octanol–water partition coefficient (Wildman–Crippen LogP) is 2.47. The summed E-state index contributed by atoms with van der Waals surface area (Å²) in [6.45, 7) is -0.809. The minimum Gasteiger partial charge on any atom is -0.422 e. The Morgan fingerprint density at radius 1 is 1.08 bits per heavy atom. The van der Waals surface area contributed by atoms with E-state index in [2.05, 4.69) is 4.72 Å². The molecule has 8 heteroatoms. The van der Waals surface area contributed by atoms with Crippen LogP contribution in [0.4, 0.5) is 10.1 Å². The van der Waals surface area contributed by atoms with Crippen LogP contribution in [-0.2, 0) is 23.3 Å². The van der Waals surface area contributed by atoms with Crippen LogP contribution >= 0.6 is 0 Å². The lowest BCUT2D eigenvalue weighted by molar-refractivity contribution is 0.476. The van der Waals surface area contributed by atoms with Crippen molar-refractivity contribution in [1.29, 1.82) is 0 Å². The van der Waals surface area contributed by atoms with Crippen molar-refractivity contribution in [3.8, 4) is 0 Å². The summed E-state index contributed by atoms with van der Waals surface area (Å²) in [5, 5.41) is 5.49. The summed E-state index contributed by atoms with van der Waals surface area (Å²) < 4.78 is 43.3. The molecule has 1 aromatic heterocycles. The molecular formula is C17H15FN2O4S. The maximum absolute atomic E-state index is 13.6. The van der Waals surface area contributed by atoms with Gasteiger partial charge in [-0.2, -0.15) is 8.42 Å². The Hall–Kier alpha value is -2.71. The lowest BCUT2D eigenvalue weighted by Gasteiger charge is -2.10. The fourth-order valence-electron chi connectivity index (χ4n) is 2.70. The number of anilines is 1. The van der Waals surface area contributed by atoms with E-state index in [1.54, 1.807) is 36.4 Å². The van der Waals surface area contributed by atoms with E-state index in [1.807, 2.05) is 0 Å². The molecule has 0 aliphatic rings. The Bertz CT molecular complexity index is 1090. The van der Waals surface area contributed by atoms with Crippen molar-refractivity contribution in [2.75, 3.05) is 4.72 Å². The second-order valence-electron chi connectivity index (χ2n) is 5.50. The van der Waals surface area contributed by atoms with E-state index in [-0.39, 0.29) is 23.2 Å². The zero-order valence-electron chi connectivity index (χ0n) is 13.0. The van der Waals surface area contributed by atoms with Crippen molar-refractivity contribution in [2.24, 2.45) is 5.14 Å². The van der Waals surface area contributed by atoms with Crippen LogP contribution in [0.5, 0.6) is 0 Å². The topological polar surface area (TPSA) is 102 Å². The number of fused-ring (bicyclic) bond motifs is 1. The molecule has 0 radical (unpaired) electrons. The van der Waals surface area contributed by atoms with Crippen LogP contribution in [0.1, 0.15) is 16.7 Å². The van der Waals surface area contributed by atoms with Crippen LogP contribution in [-0.4, -0.2) is 8.42 Å². The third-order valence-corrected chi connectivity index (χ3v) is 4.25. The lowest BCUT2D eigenvalue weighted by atomic mass is 9.99. The van der Waals surface area contributed by atoms with E-state index < -0.39 is 22.5 Å². The zero-order chi connectivity index (χ0) is 18.0. The molecule has 0 spiro atoms. The maximum Gasteiger partial charge on any atom is 0.340 e. The van der Waals surface area contributed by atoms with Crippen molar-refractivity contribution in [3.05, 3.63) is 75.6 Å². The first kappa shape index (κ1) is 17.1. The van der Waals surface area contributed by atoms with E-state index in [9.17, 15) is 17.6 Å². The van der Waals surface area contributed by atoms with E-state index in [4.69, 9.17) is 9.56 Å². The highest BCUT2D eigenvalue weighted by Gasteiger charge is 2.15. The minimum absolute atomic E-state index is 0.104. The number of hydrogen-bond acceptors (Lipinski definition) is 4. The molecule has 0 bridgehead atoms. The minimum atomic E-state index is -3.91. The summed E-state index contributed by atoms with van der Waals surface area (Å²) in [5.74, 6) is 0. The highest BCUT2D eigenvalue weighted by atomic mass is 32.2. The number of para-hydroxylation sites is 1. The summed E-state index contributed by atoms with van der Waals surface area (Å²) in [4.78, 5) is 12.3. The Morgan fingerprint density at radius 3 is 2.56 bits per heavy atom. The molecule has 3 aromatic rings. The van der Waals surface area contributed by atoms with Crippen molar-refractivity contribution in [1.82, 2.24) is 0 Å². The summed E-state index contributed by atoms with van der Waals surface area (Å²) >= 11 is 0. The van der Waals surface area contributed by atoms with Gasteiger partial charge in [0.25, 0.3) is 10.2 Å². The van der Waals surface area contributed by atoms with Crippen LogP contribution < -0.4 is 15.5 Å².